The molecule has 1 aromatic carbocycles. The summed E-state index contributed by atoms with van der Waals surface area (Å²) in [5.41, 5.74) is 2.12. The molecule has 22 heavy (non-hydrogen) atoms. The summed E-state index contributed by atoms with van der Waals surface area (Å²) in [5.74, 6) is 2.35. The second-order valence-corrected chi connectivity index (χ2v) is 6.54. The van der Waals surface area contributed by atoms with Crippen LogP contribution in [0.15, 0.2) is 35.0 Å². The van der Waals surface area contributed by atoms with Crippen molar-refractivity contribution in [1.82, 2.24) is 9.97 Å². The van der Waals surface area contributed by atoms with Gasteiger partial charge in [0.25, 0.3) is 0 Å². The van der Waals surface area contributed by atoms with E-state index in [4.69, 9.17) is 0 Å². The Kier molecular flexibility index (Phi) is 4.39. The van der Waals surface area contributed by atoms with Gasteiger partial charge in [-0.2, -0.15) is 11.3 Å². The zero-order valence-corrected chi connectivity index (χ0v) is 14.1. The Morgan fingerprint density at radius 3 is 2.77 bits per heavy atom. The number of rotatable bonds is 5. The van der Waals surface area contributed by atoms with Crippen LogP contribution < -0.4 is 5.32 Å². The van der Waals surface area contributed by atoms with Crippen molar-refractivity contribution in [1.29, 1.82) is 0 Å². The third-order valence-electron chi connectivity index (χ3n) is 3.94. The number of hydrogen-bond acceptors (Lipinski definition) is 4. The highest BCUT2D eigenvalue weighted by molar-refractivity contribution is 7.09. The highest BCUT2D eigenvalue weighted by Gasteiger charge is 2.07. The van der Waals surface area contributed by atoms with Gasteiger partial charge in [0.15, 0.2) is 0 Å². The average Bonchev–Trinajstić information content (AvgIpc) is 2.99. The fourth-order valence-electron chi connectivity index (χ4n) is 2.35. The second-order valence-electron chi connectivity index (χ2n) is 5.80. The lowest BCUT2D eigenvalue weighted by Gasteiger charge is -2.12. The molecule has 0 radical (unpaired) electrons. The van der Waals surface area contributed by atoms with Gasteiger partial charge in [-0.3, -0.25) is 0 Å². The van der Waals surface area contributed by atoms with Crippen LogP contribution in [-0.2, 0) is 0 Å². The quantitative estimate of drug-likeness (QED) is 0.710. The summed E-state index contributed by atoms with van der Waals surface area (Å²) in [6.45, 7) is 7.34. The number of nitrogens with one attached hydrogen (secondary N) is 1. The standard InChI is InChI=1S/C18H21N3S/c1-4-12(2)9-19-18-8-17(20-13(3)21-18)14-5-6-15-10-22-11-16(15)7-14/h5-8,10-12H,4,9H2,1-3H3,(H,19,20,21). The van der Waals surface area contributed by atoms with Crippen molar-refractivity contribution in [3.8, 4) is 11.3 Å². The Morgan fingerprint density at radius 1 is 1.14 bits per heavy atom. The molecule has 0 aliphatic heterocycles. The maximum Gasteiger partial charge on any atom is 0.130 e. The zero-order chi connectivity index (χ0) is 15.5. The molecule has 0 bridgehead atoms. The number of nitrogens with zero attached hydrogens (tertiary/aromatic N) is 2. The van der Waals surface area contributed by atoms with Crippen LogP contribution in [0, 0.1) is 12.8 Å². The van der Waals surface area contributed by atoms with Gasteiger partial charge in [0.1, 0.15) is 11.6 Å². The molecule has 3 nitrogen and oxygen atoms in total. The van der Waals surface area contributed by atoms with Crippen LogP contribution in [0.4, 0.5) is 5.82 Å². The lowest BCUT2D eigenvalue weighted by atomic mass is 10.1. The fraction of sp³-hybridized carbons (Fsp3) is 0.333. The number of aromatic nitrogens is 2. The van der Waals surface area contributed by atoms with E-state index in [1.165, 1.54) is 17.2 Å². The summed E-state index contributed by atoms with van der Waals surface area (Å²) >= 11 is 1.73. The monoisotopic (exact) mass is 311 g/mol. The van der Waals surface area contributed by atoms with Crippen LogP contribution in [-0.4, -0.2) is 16.5 Å². The van der Waals surface area contributed by atoms with Crippen LogP contribution in [0.25, 0.3) is 22.0 Å². The van der Waals surface area contributed by atoms with Gasteiger partial charge in [0, 0.05) is 18.2 Å². The Bertz CT molecular complexity index is 779. The Hall–Kier alpha value is -1.94. The largest absolute Gasteiger partial charge is 0.370 e. The number of aryl methyl sites for hydroxylation is 1. The van der Waals surface area contributed by atoms with Crippen molar-refractivity contribution in [2.45, 2.75) is 27.2 Å². The maximum absolute atomic E-state index is 4.59. The van der Waals surface area contributed by atoms with Crippen molar-refractivity contribution < 1.29 is 0 Å². The van der Waals surface area contributed by atoms with E-state index in [0.29, 0.717) is 5.92 Å². The first-order valence-corrected chi connectivity index (χ1v) is 8.66. The minimum atomic E-state index is 0.640. The molecule has 4 heteroatoms. The van der Waals surface area contributed by atoms with E-state index in [2.05, 4.69) is 58.1 Å². The molecule has 3 rings (SSSR count). The van der Waals surface area contributed by atoms with Crippen molar-refractivity contribution in [3.63, 3.8) is 0 Å². The molecule has 114 valence electrons. The first-order chi connectivity index (χ1) is 10.7. The summed E-state index contributed by atoms with van der Waals surface area (Å²) in [7, 11) is 0. The molecular weight excluding hydrogens is 290 g/mol. The summed E-state index contributed by atoms with van der Waals surface area (Å²) in [4.78, 5) is 9.09. The number of hydrogen-bond donors (Lipinski definition) is 1. The third-order valence-corrected chi connectivity index (χ3v) is 4.72. The first-order valence-electron chi connectivity index (χ1n) is 7.71. The van der Waals surface area contributed by atoms with Crippen molar-refractivity contribution >= 4 is 27.9 Å². The van der Waals surface area contributed by atoms with Gasteiger partial charge in [0.05, 0.1) is 5.69 Å². The molecule has 0 saturated carbocycles. The summed E-state index contributed by atoms with van der Waals surface area (Å²) in [6, 6.07) is 8.54. The van der Waals surface area contributed by atoms with Crippen molar-refractivity contribution in [2.75, 3.05) is 11.9 Å². The molecule has 3 aromatic rings. The highest BCUT2D eigenvalue weighted by atomic mass is 32.1. The van der Waals surface area contributed by atoms with E-state index in [9.17, 15) is 0 Å². The summed E-state index contributed by atoms with van der Waals surface area (Å²) in [6.07, 6.45) is 1.17. The average molecular weight is 311 g/mol. The van der Waals surface area contributed by atoms with Gasteiger partial charge in [0.2, 0.25) is 0 Å². The summed E-state index contributed by atoms with van der Waals surface area (Å²) in [5, 5.41) is 10.3. The van der Waals surface area contributed by atoms with E-state index in [1.54, 1.807) is 11.3 Å². The molecule has 0 saturated heterocycles. The van der Waals surface area contributed by atoms with Crippen LogP contribution in [0.1, 0.15) is 26.1 Å². The van der Waals surface area contributed by atoms with E-state index in [-0.39, 0.29) is 0 Å². The summed E-state index contributed by atoms with van der Waals surface area (Å²) < 4.78 is 0. The Balaban J connectivity index is 1.90. The smallest absolute Gasteiger partial charge is 0.130 e. The number of anilines is 1. The fourth-order valence-corrected chi connectivity index (χ4v) is 3.13. The number of fused-ring (bicyclic) bond motifs is 1. The van der Waals surface area contributed by atoms with Gasteiger partial charge in [-0.1, -0.05) is 32.4 Å². The van der Waals surface area contributed by atoms with Crippen LogP contribution in [0.5, 0.6) is 0 Å². The molecule has 0 aliphatic rings. The zero-order valence-electron chi connectivity index (χ0n) is 13.3. The molecular formula is C18H21N3S. The van der Waals surface area contributed by atoms with E-state index in [1.807, 2.05) is 13.0 Å². The lowest BCUT2D eigenvalue weighted by Crippen LogP contribution is -2.12. The van der Waals surface area contributed by atoms with Crippen LogP contribution in [0.3, 0.4) is 0 Å². The van der Waals surface area contributed by atoms with Crippen LogP contribution in [0.2, 0.25) is 0 Å². The molecule has 0 amide bonds. The lowest BCUT2D eigenvalue weighted by molar-refractivity contribution is 0.592. The SMILES string of the molecule is CCC(C)CNc1cc(-c2ccc3cscc3c2)nc(C)n1. The predicted molar refractivity (Wildman–Crippen MR) is 95.5 cm³/mol. The van der Waals surface area contributed by atoms with E-state index in [0.717, 1.165) is 29.4 Å². The maximum atomic E-state index is 4.59. The Labute approximate surface area is 135 Å². The predicted octanol–water partition coefficient (Wildman–Crippen LogP) is 5.12. The van der Waals surface area contributed by atoms with Gasteiger partial charge < -0.3 is 5.32 Å². The minimum absolute atomic E-state index is 0.640. The molecule has 0 fully saturated rings. The van der Waals surface area contributed by atoms with Crippen molar-refractivity contribution in [2.24, 2.45) is 5.92 Å². The molecule has 2 heterocycles. The molecule has 1 atom stereocenters. The number of thiophene rings is 1. The van der Waals surface area contributed by atoms with Gasteiger partial charge in [-0.15, -0.1) is 0 Å². The minimum Gasteiger partial charge on any atom is -0.370 e. The van der Waals surface area contributed by atoms with Gasteiger partial charge >= 0.3 is 0 Å². The normalized spacial score (nSPS) is 12.5. The van der Waals surface area contributed by atoms with Crippen molar-refractivity contribution in [3.05, 3.63) is 40.8 Å². The third kappa shape index (κ3) is 3.28. The number of benzene rings is 1. The first kappa shape index (κ1) is 15.0. The van der Waals surface area contributed by atoms with Crippen LogP contribution >= 0.6 is 11.3 Å². The van der Waals surface area contributed by atoms with Gasteiger partial charge in [-0.05, 0) is 40.4 Å². The van der Waals surface area contributed by atoms with E-state index >= 15 is 0 Å². The van der Waals surface area contributed by atoms with E-state index < -0.39 is 0 Å². The second kappa shape index (κ2) is 6.44. The molecule has 1 unspecified atom stereocenters. The molecule has 1 N–H and O–H groups in total. The molecule has 0 aliphatic carbocycles. The highest BCUT2D eigenvalue weighted by Crippen LogP contribution is 2.26. The molecule has 2 aromatic heterocycles. The Morgan fingerprint density at radius 2 is 1.95 bits per heavy atom. The van der Waals surface area contributed by atoms with Gasteiger partial charge in [-0.25, -0.2) is 9.97 Å². The topological polar surface area (TPSA) is 37.8 Å². The molecule has 0 spiro atoms.